The molecule has 0 saturated carbocycles. The molecule has 0 radical (unpaired) electrons. The van der Waals surface area contributed by atoms with Gasteiger partial charge in [-0.3, -0.25) is 4.79 Å². The van der Waals surface area contributed by atoms with Crippen LogP contribution in [0.2, 0.25) is 10.0 Å². The maximum absolute atomic E-state index is 12.4. The molecule has 1 unspecified atom stereocenters. The van der Waals surface area contributed by atoms with E-state index in [1.54, 1.807) is 23.6 Å². The number of hydrogen-bond donors (Lipinski definition) is 1. The largest absolute Gasteiger partial charge is 0.479 e. The number of carbonyl (C=O) groups is 1. The Hall–Kier alpha value is -2.20. The molecule has 0 spiro atoms. The maximum Gasteiger partial charge on any atom is 0.337 e. The summed E-state index contributed by atoms with van der Waals surface area (Å²) in [6.07, 6.45) is 1.75. The van der Waals surface area contributed by atoms with Gasteiger partial charge in [0, 0.05) is 6.54 Å². The molecule has 2 aromatic heterocycles. The Labute approximate surface area is 185 Å². The number of aromatic nitrogens is 3. The number of rotatable bonds is 5. The molecule has 1 N–H and O–H groups in total. The molecule has 4 rings (SSSR count). The lowest BCUT2D eigenvalue weighted by Crippen LogP contribution is -2.56. The Morgan fingerprint density at radius 3 is 2.93 bits per heavy atom. The molecule has 30 heavy (non-hydrogen) atoms. The minimum Gasteiger partial charge on any atom is -0.479 e. The number of carboxylic acid groups (broad SMARTS) is 1. The van der Waals surface area contributed by atoms with E-state index >= 15 is 0 Å². The third-order valence-corrected chi connectivity index (χ3v) is 7.12. The van der Waals surface area contributed by atoms with E-state index in [2.05, 4.69) is 9.97 Å². The van der Waals surface area contributed by atoms with Gasteiger partial charge >= 0.3 is 5.97 Å². The average Bonchev–Trinajstić information content (AvgIpc) is 3.20. The van der Waals surface area contributed by atoms with Crippen LogP contribution in [0.25, 0.3) is 10.3 Å². The van der Waals surface area contributed by atoms with Crippen LogP contribution in [-0.4, -0.2) is 50.9 Å². The van der Waals surface area contributed by atoms with Crippen molar-refractivity contribution in [1.82, 2.24) is 14.5 Å². The van der Waals surface area contributed by atoms with E-state index in [0.29, 0.717) is 45.0 Å². The fraction of sp³-hybridized carbons (Fsp3) is 0.368. The lowest BCUT2D eigenvalue weighted by molar-refractivity contribution is -0.167. The van der Waals surface area contributed by atoms with Crippen LogP contribution >= 0.6 is 34.5 Å². The number of fused-ring (bicyclic) bond motifs is 1. The first-order valence-electron chi connectivity index (χ1n) is 9.26. The van der Waals surface area contributed by atoms with Crippen molar-refractivity contribution >= 4 is 56.0 Å². The number of anilines is 1. The fourth-order valence-electron chi connectivity index (χ4n) is 3.42. The summed E-state index contributed by atoms with van der Waals surface area (Å²) in [5.41, 5.74) is -0.433. The van der Waals surface area contributed by atoms with Gasteiger partial charge in [0.1, 0.15) is 11.0 Å². The smallest absolute Gasteiger partial charge is 0.337 e. The molecule has 8 nitrogen and oxygen atoms in total. The van der Waals surface area contributed by atoms with E-state index in [4.69, 9.17) is 27.9 Å². The summed E-state index contributed by atoms with van der Waals surface area (Å²) >= 11 is 13.6. The number of benzene rings is 1. The Morgan fingerprint density at radius 2 is 2.20 bits per heavy atom. The standard InChI is InChI=1S/C19H18Cl2N4O4S/c1-2-19(17(27)28)9-24(6-7-29-19)18-23-15-14(30-18)16(26)22-10-25(15)8-11-4-3-5-12(20)13(11)21/h3-5,10H,2,6-9H2,1H3,(H,27,28). The second-order valence-electron chi connectivity index (χ2n) is 6.96. The number of aliphatic carboxylic acids is 1. The minimum atomic E-state index is -1.29. The van der Waals surface area contributed by atoms with Gasteiger partial charge in [-0.05, 0) is 18.1 Å². The zero-order chi connectivity index (χ0) is 21.5. The van der Waals surface area contributed by atoms with Gasteiger partial charge in [-0.1, -0.05) is 53.6 Å². The average molecular weight is 469 g/mol. The Kier molecular flexibility index (Phi) is 5.71. The maximum atomic E-state index is 12.4. The highest BCUT2D eigenvalue weighted by Gasteiger charge is 2.43. The number of hydrogen-bond acceptors (Lipinski definition) is 7. The normalized spacial score (nSPS) is 19.4. The molecule has 1 atom stereocenters. The van der Waals surface area contributed by atoms with Crippen molar-refractivity contribution in [1.29, 1.82) is 0 Å². The van der Waals surface area contributed by atoms with Crippen LogP contribution in [0.1, 0.15) is 18.9 Å². The zero-order valence-corrected chi connectivity index (χ0v) is 18.3. The van der Waals surface area contributed by atoms with E-state index < -0.39 is 11.6 Å². The number of nitrogens with zero attached hydrogens (tertiary/aromatic N) is 4. The second-order valence-corrected chi connectivity index (χ2v) is 8.73. The van der Waals surface area contributed by atoms with Crippen LogP contribution in [-0.2, 0) is 16.1 Å². The van der Waals surface area contributed by atoms with E-state index in [-0.39, 0.29) is 18.7 Å². The van der Waals surface area contributed by atoms with Gasteiger partial charge in [0.15, 0.2) is 16.4 Å². The van der Waals surface area contributed by atoms with Crippen LogP contribution in [0, 0.1) is 0 Å². The molecule has 11 heteroatoms. The molecule has 0 bridgehead atoms. The summed E-state index contributed by atoms with van der Waals surface area (Å²) in [6.45, 7) is 3.01. The van der Waals surface area contributed by atoms with Gasteiger partial charge in [-0.2, -0.15) is 4.98 Å². The van der Waals surface area contributed by atoms with Crippen molar-refractivity contribution in [2.45, 2.75) is 25.5 Å². The highest BCUT2D eigenvalue weighted by Crippen LogP contribution is 2.32. The first-order chi connectivity index (χ1) is 14.3. The van der Waals surface area contributed by atoms with Crippen LogP contribution in [0.5, 0.6) is 0 Å². The lowest BCUT2D eigenvalue weighted by atomic mass is 9.99. The fourth-order valence-corrected chi connectivity index (χ4v) is 4.79. The predicted molar refractivity (Wildman–Crippen MR) is 116 cm³/mol. The molecule has 1 aromatic carbocycles. The van der Waals surface area contributed by atoms with E-state index in [1.165, 1.54) is 17.7 Å². The molecule has 3 aromatic rings. The highest BCUT2D eigenvalue weighted by atomic mass is 35.5. The molecule has 0 amide bonds. The minimum absolute atomic E-state index is 0.153. The van der Waals surface area contributed by atoms with Crippen molar-refractivity contribution < 1.29 is 14.6 Å². The molecule has 1 aliphatic heterocycles. The number of morpholine rings is 1. The Morgan fingerprint density at radius 1 is 1.40 bits per heavy atom. The first-order valence-corrected chi connectivity index (χ1v) is 10.8. The van der Waals surface area contributed by atoms with Gasteiger partial charge in [-0.15, -0.1) is 0 Å². The molecule has 3 heterocycles. The van der Waals surface area contributed by atoms with Crippen molar-refractivity contribution in [2.24, 2.45) is 0 Å². The Balaban J connectivity index is 1.73. The summed E-state index contributed by atoms with van der Waals surface area (Å²) in [6, 6.07) is 5.34. The van der Waals surface area contributed by atoms with Crippen molar-refractivity contribution in [3.63, 3.8) is 0 Å². The molecule has 1 saturated heterocycles. The summed E-state index contributed by atoms with van der Waals surface area (Å²) < 4.78 is 7.71. The topological polar surface area (TPSA) is 97.5 Å². The third kappa shape index (κ3) is 3.66. The van der Waals surface area contributed by atoms with Gasteiger partial charge in [0.2, 0.25) is 0 Å². The van der Waals surface area contributed by atoms with E-state index in [0.717, 1.165) is 5.56 Å². The third-order valence-electron chi connectivity index (χ3n) is 5.17. The number of carboxylic acids is 1. The number of ether oxygens (including phenoxy) is 1. The summed E-state index contributed by atoms with van der Waals surface area (Å²) in [5, 5.41) is 11.1. The highest BCUT2D eigenvalue weighted by molar-refractivity contribution is 7.22. The monoisotopic (exact) mass is 468 g/mol. The van der Waals surface area contributed by atoms with Gasteiger partial charge < -0.3 is 19.3 Å². The molecular formula is C19H18Cl2N4O4S. The molecule has 1 fully saturated rings. The van der Waals surface area contributed by atoms with E-state index in [9.17, 15) is 14.7 Å². The van der Waals surface area contributed by atoms with Crippen LogP contribution < -0.4 is 10.5 Å². The van der Waals surface area contributed by atoms with Crippen LogP contribution in [0.15, 0.2) is 29.3 Å². The Bertz CT molecular complexity index is 1180. The number of halogens is 2. The van der Waals surface area contributed by atoms with Gasteiger partial charge in [0.05, 0.1) is 29.7 Å². The number of thiazole rings is 1. The lowest BCUT2D eigenvalue weighted by Gasteiger charge is -2.39. The quantitative estimate of drug-likeness (QED) is 0.613. The van der Waals surface area contributed by atoms with Crippen molar-refractivity contribution in [3.8, 4) is 0 Å². The molecule has 0 aliphatic carbocycles. The molecule has 1 aliphatic rings. The van der Waals surface area contributed by atoms with Crippen LogP contribution in [0.4, 0.5) is 5.13 Å². The SMILES string of the molecule is CCC1(C(=O)O)CN(c2nc3c(s2)c(=O)ncn3Cc2cccc(Cl)c2Cl)CCO1. The van der Waals surface area contributed by atoms with Gasteiger partial charge in [-0.25, -0.2) is 9.78 Å². The predicted octanol–water partition coefficient (Wildman–Crippen LogP) is 3.28. The van der Waals surface area contributed by atoms with E-state index in [1.807, 2.05) is 11.0 Å². The summed E-state index contributed by atoms with van der Waals surface area (Å²) in [7, 11) is 0. The summed E-state index contributed by atoms with van der Waals surface area (Å²) in [4.78, 5) is 34.6. The zero-order valence-electron chi connectivity index (χ0n) is 16.0. The summed E-state index contributed by atoms with van der Waals surface area (Å²) in [5.74, 6) is -1.01. The first kappa shape index (κ1) is 21.0. The van der Waals surface area contributed by atoms with Crippen molar-refractivity contribution in [2.75, 3.05) is 24.6 Å². The second kappa shape index (κ2) is 8.14. The molecular weight excluding hydrogens is 451 g/mol. The van der Waals surface area contributed by atoms with Gasteiger partial charge in [0.25, 0.3) is 5.56 Å². The van der Waals surface area contributed by atoms with Crippen LogP contribution in [0.3, 0.4) is 0 Å². The van der Waals surface area contributed by atoms with Crippen molar-refractivity contribution in [3.05, 3.63) is 50.5 Å². The molecule has 158 valence electrons.